The van der Waals surface area contributed by atoms with Gasteiger partial charge in [0.05, 0.1) is 0 Å². The summed E-state index contributed by atoms with van der Waals surface area (Å²) in [4.78, 5) is 3.09. The second kappa shape index (κ2) is 4.37. The molecule has 4 N–H and O–H groups in total. The van der Waals surface area contributed by atoms with Crippen molar-refractivity contribution in [2.45, 2.75) is 38.6 Å². The summed E-state index contributed by atoms with van der Waals surface area (Å²) in [6, 6.07) is 2.12. The average Bonchev–Trinajstić information content (AvgIpc) is 2.52. The first-order valence-electron chi connectivity index (χ1n) is 5.44. The number of aromatic amines is 1. The van der Waals surface area contributed by atoms with E-state index in [1.54, 1.807) is 0 Å². The molecule has 0 spiro atoms. The van der Waals surface area contributed by atoms with Crippen LogP contribution in [0.4, 0.5) is 0 Å². The van der Waals surface area contributed by atoms with Gasteiger partial charge in [0.15, 0.2) is 0 Å². The van der Waals surface area contributed by atoms with Crippen molar-refractivity contribution in [1.29, 1.82) is 0 Å². The van der Waals surface area contributed by atoms with Crippen molar-refractivity contribution in [3.8, 4) is 0 Å². The number of nitrogens with one attached hydrogen (secondary N) is 2. The van der Waals surface area contributed by atoms with E-state index in [1.807, 2.05) is 20.0 Å². The number of hydrogen-bond acceptors (Lipinski definition) is 2. The molecular formula is C12H23N3. The van der Waals surface area contributed by atoms with Gasteiger partial charge in [0, 0.05) is 36.4 Å². The Balaban J connectivity index is 2.44. The second-order valence-corrected chi connectivity index (χ2v) is 5.58. The monoisotopic (exact) mass is 209 g/mol. The molecule has 3 nitrogen and oxygen atoms in total. The molecule has 0 saturated heterocycles. The predicted molar refractivity (Wildman–Crippen MR) is 65.0 cm³/mol. The third-order valence-electron chi connectivity index (χ3n) is 2.53. The van der Waals surface area contributed by atoms with E-state index in [0.29, 0.717) is 0 Å². The van der Waals surface area contributed by atoms with Crippen molar-refractivity contribution >= 4 is 0 Å². The molecule has 86 valence electrons. The summed E-state index contributed by atoms with van der Waals surface area (Å²) < 4.78 is 0. The normalized spacial score (nSPS) is 13.1. The molecule has 0 atom stereocenters. The summed E-state index contributed by atoms with van der Waals surface area (Å²) in [5, 5.41) is 3.42. The maximum atomic E-state index is 5.91. The SMILES string of the molecule is CC(C)(N)CNCC(C)(C)c1cc[nH]c1. The van der Waals surface area contributed by atoms with E-state index in [-0.39, 0.29) is 11.0 Å². The van der Waals surface area contributed by atoms with Gasteiger partial charge in [-0.15, -0.1) is 0 Å². The largest absolute Gasteiger partial charge is 0.367 e. The highest BCUT2D eigenvalue weighted by molar-refractivity contribution is 5.20. The zero-order chi connectivity index (χ0) is 11.5. The molecule has 1 aromatic rings. The van der Waals surface area contributed by atoms with Gasteiger partial charge >= 0.3 is 0 Å². The van der Waals surface area contributed by atoms with Crippen molar-refractivity contribution in [3.63, 3.8) is 0 Å². The Morgan fingerprint density at radius 1 is 1.27 bits per heavy atom. The van der Waals surface area contributed by atoms with Gasteiger partial charge in [-0.3, -0.25) is 0 Å². The third kappa shape index (κ3) is 4.06. The summed E-state index contributed by atoms with van der Waals surface area (Å²) in [7, 11) is 0. The molecule has 0 aliphatic heterocycles. The highest BCUT2D eigenvalue weighted by Crippen LogP contribution is 2.21. The molecule has 0 aliphatic rings. The van der Waals surface area contributed by atoms with Gasteiger partial charge < -0.3 is 16.0 Å². The molecular weight excluding hydrogens is 186 g/mol. The first-order chi connectivity index (χ1) is 6.81. The van der Waals surface area contributed by atoms with Crippen LogP contribution in [-0.2, 0) is 5.41 Å². The molecule has 0 fully saturated rings. The van der Waals surface area contributed by atoms with Crippen LogP contribution < -0.4 is 11.1 Å². The molecule has 0 aromatic carbocycles. The van der Waals surface area contributed by atoms with Gasteiger partial charge in [-0.1, -0.05) is 13.8 Å². The Kier molecular flexibility index (Phi) is 3.58. The van der Waals surface area contributed by atoms with Crippen LogP contribution in [0, 0.1) is 0 Å². The molecule has 1 heterocycles. The molecule has 0 radical (unpaired) electrons. The molecule has 1 aromatic heterocycles. The highest BCUT2D eigenvalue weighted by atomic mass is 14.9. The summed E-state index contributed by atoms with van der Waals surface area (Å²) in [5.74, 6) is 0. The topological polar surface area (TPSA) is 53.8 Å². The molecule has 0 unspecified atom stereocenters. The summed E-state index contributed by atoms with van der Waals surface area (Å²) in [6.07, 6.45) is 4.01. The van der Waals surface area contributed by atoms with Gasteiger partial charge in [0.1, 0.15) is 0 Å². The van der Waals surface area contributed by atoms with Crippen LogP contribution in [0.15, 0.2) is 18.5 Å². The second-order valence-electron chi connectivity index (χ2n) is 5.58. The minimum atomic E-state index is -0.145. The summed E-state index contributed by atoms with van der Waals surface area (Å²) in [5.41, 5.74) is 7.24. The number of H-pyrrole nitrogens is 1. The lowest BCUT2D eigenvalue weighted by atomic mass is 9.86. The lowest BCUT2D eigenvalue weighted by Crippen LogP contribution is -2.46. The Labute approximate surface area is 92.4 Å². The van der Waals surface area contributed by atoms with Gasteiger partial charge in [-0.05, 0) is 25.5 Å². The van der Waals surface area contributed by atoms with Gasteiger partial charge in [-0.2, -0.15) is 0 Å². The quantitative estimate of drug-likeness (QED) is 0.690. The van der Waals surface area contributed by atoms with E-state index < -0.39 is 0 Å². The number of aromatic nitrogens is 1. The zero-order valence-electron chi connectivity index (χ0n) is 10.2. The van der Waals surface area contributed by atoms with Gasteiger partial charge in [-0.25, -0.2) is 0 Å². The highest BCUT2D eigenvalue weighted by Gasteiger charge is 2.21. The Hall–Kier alpha value is -0.800. The molecule has 15 heavy (non-hydrogen) atoms. The predicted octanol–water partition coefficient (Wildman–Crippen LogP) is 1.62. The number of nitrogens with two attached hydrogens (primary N) is 1. The minimum Gasteiger partial charge on any atom is -0.367 e. The lowest BCUT2D eigenvalue weighted by molar-refractivity contribution is 0.411. The van der Waals surface area contributed by atoms with Crippen molar-refractivity contribution in [3.05, 3.63) is 24.0 Å². The van der Waals surface area contributed by atoms with Crippen molar-refractivity contribution < 1.29 is 0 Å². The van der Waals surface area contributed by atoms with E-state index >= 15 is 0 Å². The zero-order valence-corrected chi connectivity index (χ0v) is 10.2. The molecule has 0 aliphatic carbocycles. The number of hydrogen-bond donors (Lipinski definition) is 3. The summed E-state index contributed by atoms with van der Waals surface area (Å²) in [6.45, 7) is 10.3. The Morgan fingerprint density at radius 2 is 1.93 bits per heavy atom. The van der Waals surface area contributed by atoms with Crippen LogP contribution in [0.2, 0.25) is 0 Å². The smallest absolute Gasteiger partial charge is 0.0223 e. The first-order valence-corrected chi connectivity index (χ1v) is 5.44. The van der Waals surface area contributed by atoms with Crippen molar-refractivity contribution in [2.75, 3.05) is 13.1 Å². The fourth-order valence-electron chi connectivity index (χ4n) is 1.54. The fraction of sp³-hybridized carbons (Fsp3) is 0.667. The Morgan fingerprint density at radius 3 is 2.40 bits per heavy atom. The maximum Gasteiger partial charge on any atom is 0.0223 e. The molecule has 3 heteroatoms. The molecule has 0 bridgehead atoms. The van der Waals surface area contributed by atoms with E-state index in [9.17, 15) is 0 Å². The van der Waals surface area contributed by atoms with Crippen LogP contribution in [0.5, 0.6) is 0 Å². The fourth-order valence-corrected chi connectivity index (χ4v) is 1.54. The van der Waals surface area contributed by atoms with Gasteiger partial charge in [0.25, 0.3) is 0 Å². The molecule has 0 amide bonds. The standard InChI is InChI=1S/C12H23N3/c1-11(2,10-5-6-14-7-10)8-15-9-12(3,4)13/h5-7,14-15H,8-9,13H2,1-4H3. The Bertz CT molecular complexity index is 280. The van der Waals surface area contributed by atoms with Crippen LogP contribution in [0.1, 0.15) is 33.3 Å². The van der Waals surface area contributed by atoms with E-state index in [2.05, 4.69) is 36.4 Å². The molecule has 0 saturated carbocycles. The average molecular weight is 209 g/mol. The van der Waals surface area contributed by atoms with Crippen LogP contribution in [-0.4, -0.2) is 23.6 Å². The van der Waals surface area contributed by atoms with Gasteiger partial charge in [0.2, 0.25) is 0 Å². The van der Waals surface area contributed by atoms with E-state index in [1.165, 1.54) is 5.56 Å². The first kappa shape index (κ1) is 12.3. The lowest BCUT2D eigenvalue weighted by Gasteiger charge is -2.27. The van der Waals surface area contributed by atoms with E-state index in [4.69, 9.17) is 5.73 Å². The van der Waals surface area contributed by atoms with Crippen molar-refractivity contribution in [1.82, 2.24) is 10.3 Å². The van der Waals surface area contributed by atoms with Crippen LogP contribution in [0.3, 0.4) is 0 Å². The number of rotatable bonds is 5. The third-order valence-corrected chi connectivity index (χ3v) is 2.53. The summed E-state index contributed by atoms with van der Waals surface area (Å²) >= 11 is 0. The maximum absolute atomic E-state index is 5.91. The van der Waals surface area contributed by atoms with Crippen LogP contribution in [0.25, 0.3) is 0 Å². The molecule has 1 rings (SSSR count). The van der Waals surface area contributed by atoms with Crippen molar-refractivity contribution in [2.24, 2.45) is 5.73 Å². The van der Waals surface area contributed by atoms with E-state index in [0.717, 1.165) is 13.1 Å². The minimum absolute atomic E-state index is 0.144. The van der Waals surface area contributed by atoms with Crippen LogP contribution >= 0.6 is 0 Å².